The fourth-order valence-electron chi connectivity index (χ4n) is 7.53. The molecule has 0 atom stereocenters. The Hall–Kier alpha value is -2.81. The van der Waals surface area contributed by atoms with Gasteiger partial charge in [0.1, 0.15) is 6.29 Å². The summed E-state index contributed by atoms with van der Waals surface area (Å²) in [4.78, 5) is 11.1. The summed E-state index contributed by atoms with van der Waals surface area (Å²) < 4.78 is 12.0. The van der Waals surface area contributed by atoms with Crippen LogP contribution < -0.4 is 9.47 Å². The number of carbonyl (C=O) groups is 1. The highest BCUT2D eigenvalue weighted by molar-refractivity contribution is 5.92. The maximum atomic E-state index is 11.1. The molecule has 4 fully saturated rings. The topological polar surface area (TPSA) is 35.5 Å². The Balaban J connectivity index is 1.37. The van der Waals surface area contributed by atoms with Gasteiger partial charge in [0.2, 0.25) is 6.79 Å². The van der Waals surface area contributed by atoms with Crippen LogP contribution in [0.2, 0.25) is 0 Å². The van der Waals surface area contributed by atoms with E-state index >= 15 is 0 Å². The molecular weight excluding hydrogens is 384 g/mol. The van der Waals surface area contributed by atoms with Crippen molar-refractivity contribution in [2.24, 2.45) is 17.8 Å². The van der Waals surface area contributed by atoms with Crippen LogP contribution in [0.1, 0.15) is 54.4 Å². The van der Waals surface area contributed by atoms with E-state index in [1.807, 2.05) is 18.2 Å². The summed E-state index contributed by atoms with van der Waals surface area (Å²) in [6, 6.07) is 16.9. The molecule has 156 valence electrons. The lowest BCUT2D eigenvalue weighted by Gasteiger charge is -2.57. The number of hydrogen-bond donors (Lipinski definition) is 0. The molecule has 0 amide bonds. The number of rotatable bonds is 3. The van der Waals surface area contributed by atoms with Crippen LogP contribution in [0, 0.1) is 17.8 Å². The third-order valence-corrected chi connectivity index (χ3v) is 8.42. The van der Waals surface area contributed by atoms with Crippen LogP contribution in [0.3, 0.4) is 0 Å². The fraction of sp³-hybridized carbons (Fsp3) is 0.393. The average molecular weight is 411 g/mol. The Bertz CT molecular complexity index is 1190. The molecule has 5 aliphatic rings. The van der Waals surface area contributed by atoms with E-state index in [9.17, 15) is 4.79 Å². The van der Waals surface area contributed by atoms with Crippen LogP contribution in [0.4, 0.5) is 0 Å². The van der Waals surface area contributed by atoms with Gasteiger partial charge < -0.3 is 9.47 Å². The molecule has 3 aromatic carbocycles. The number of aldehydes is 1. The zero-order valence-electron chi connectivity index (χ0n) is 17.6. The zero-order valence-corrected chi connectivity index (χ0v) is 17.6. The van der Waals surface area contributed by atoms with Gasteiger partial charge in [0, 0.05) is 11.1 Å². The van der Waals surface area contributed by atoms with Gasteiger partial charge >= 0.3 is 0 Å². The van der Waals surface area contributed by atoms with Crippen molar-refractivity contribution in [3.05, 3.63) is 59.7 Å². The molecule has 1 heterocycles. The smallest absolute Gasteiger partial charge is 0.231 e. The molecule has 0 radical (unpaired) electrons. The Morgan fingerprint density at radius 1 is 0.774 bits per heavy atom. The lowest BCUT2D eigenvalue weighted by molar-refractivity contribution is -0.00626. The lowest BCUT2D eigenvalue weighted by Crippen LogP contribution is -2.48. The van der Waals surface area contributed by atoms with Crippen molar-refractivity contribution in [3.63, 3.8) is 0 Å². The zero-order chi connectivity index (χ0) is 20.6. The van der Waals surface area contributed by atoms with Crippen molar-refractivity contribution < 1.29 is 14.3 Å². The van der Waals surface area contributed by atoms with E-state index in [1.54, 1.807) is 0 Å². The second-order valence-corrected chi connectivity index (χ2v) is 10.4. The summed E-state index contributed by atoms with van der Waals surface area (Å²) >= 11 is 0. The third kappa shape index (κ3) is 2.68. The molecule has 0 saturated heterocycles. The van der Waals surface area contributed by atoms with Crippen LogP contribution in [0.25, 0.3) is 21.9 Å². The fourth-order valence-corrected chi connectivity index (χ4v) is 7.53. The molecule has 3 nitrogen and oxygen atoms in total. The number of hydrogen-bond acceptors (Lipinski definition) is 3. The minimum absolute atomic E-state index is 0.262. The normalized spacial score (nSPS) is 30.1. The standard InChI is InChI=1S/C28H26O3/c29-15-17-1-2-22-9-23(4-3-21(22)8-17)24-10-25(27-26(11-24)30-16-31-27)28-12-18-5-19(13-28)7-20(6-18)14-28/h1-4,8-11,15,18-20H,5-7,12-14,16H2. The van der Waals surface area contributed by atoms with Gasteiger partial charge in [0.25, 0.3) is 0 Å². The van der Waals surface area contributed by atoms with Crippen LogP contribution in [-0.4, -0.2) is 13.1 Å². The van der Waals surface area contributed by atoms with E-state index in [0.29, 0.717) is 12.4 Å². The van der Waals surface area contributed by atoms with Crippen molar-refractivity contribution in [3.8, 4) is 22.6 Å². The highest BCUT2D eigenvalue weighted by atomic mass is 16.7. The molecular formula is C28H26O3. The summed E-state index contributed by atoms with van der Waals surface area (Å²) in [5, 5.41) is 2.24. The van der Waals surface area contributed by atoms with Crippen molar-refractivity contribution in [2.45, 2.75) is 43.9 Å². The second kappa shape index (κ2) is 6.35. The van der Waals surface area contributed by atoms with Gasteiger partial charge in [-0.2, -0.15) is 0 Å². The molecule has 3 aromatic rings. The quantitative estimate of drug-likeness (QED) is 0.461. The van der Waals surface area contributed by atoms with Crippen molar-refractivity contribution in [2.75, 3.05) is 6.79 Å². The van der Waals surface area contributed by atoms with Crippen molar-refractivity contribution >= 4 is 17.1 Å². The van der Waals surface area contributed by atoms with E-state index in [4.69, 9.17) is 9.47 Å². The molecule has 8 rings (SSSR count). The van der Waals surface area contributed by atoms with Gasteiger partial charge in [0.15, 0.2) is 11.5 Å². The SMILES string of the molecule is O=Cc1ccc2cc(-c3cc4c(c(C56CC7CC(CC(C7)C5)C6)c3)OCO4)ccc2c1. The number of carbonyl (C=O) groups excluding carboxylic acids is 1. The average Bonchev–Trinajstić information content (AvgIpc) is 3.25. The highest BCUT2D eigenvalue weighted by Crippen LogP contribution is 2.63. The molecule has 0 unspecified atom stereocenters. The highest BCUT2D eigenvalue weighted by Gasteiger charge is 2.53. The predicted octanol–water partition coefficient (Wildman–Crippen LogP) is 6.52. The molecule has 0 spiro atoms. The van der Waals surface area contributed by atoms with Gasteiger partial charge in [-0.1, -0.05) is 24.3 Å². The molecule has 31 heavy (non-hydrogen) atoms. The van der Waals surface area contributed by atoms with Gasteiger partial charge in [0.05, 0.1) is 0 Å². The van der Waals surface area contributed by atoms with E-state index in [2.05, 4.69) is 30.3 Å². The molecule has 4 aliphatic carbocycles. The Labute approximate surface area is 182 Å². The first-order chi connectivity index (χ1) is 15.2. The summed E-state index contributed by atoms with van der Waals surface area (Å²) in [7, 11) is 0. The second-order valence-electron chi connectivity index (χ2n) is 10.4. The van der Waals surface area contributed by atoms with Gasteiger partial charge in [-0.25, -0.2) is 0 Å². The lowest BCUT2D eigenvalue weighted by atomic mass is 9.48. The summed E-state index contributed by atoms with van der Waals surface area (Å²) in [5.74, 6) is 4.57. The first-order valence-electron chi connectivity index (χ1n) is 11.6. The van der Waals surface area contributed by atoms with Crippen LogP contribution in [0.15, 0.2) is 48.5 Å². The van der Waals surface area contributed by atoms with E-state index in [-0.39, 0.29) is 5.41 Å². The first-order valence-corrected chi connectivity index (χ1v) is 11.6. The van der Waals surface area contributed by atoms with Crippen molar-refractivity contribution in [1.29, 1.82) is 0 Å². The van der Waals surface area contributed by atoms with Gasteiger partial charge in [-0.3, -0.25) is 4.79 Å². The molecule has 4 bridgehead atoms. The molecule has 1 aliphatic heterocycles. The Morgan fingerprint density at radius 2 is 1.48 bits per heavy atom. The maximum absolute atomic E-state index is 11.1. The monoisotopic (exact) mass is 410 g/mol. The summed E-state index contributed by atoms with van der Waals surface area (Å²) in [5.41, 5.74) is 4.77. The van der Waals surface area contributed by atoms with Crippen molar-refractivity contribution in [1.82, 2.24) is 0 Å². The molecule has 0 aromatic heterocycles. The van der Waals surface area contributed by atoms with Gasteiger partial charge in [-0.05, 0) is 108 Å². The van der Waals surface area contributed by atoms with E-state index in [0.717, 1.165) is 46.3 Å². The number of ether oxygens (including phenoxy) is 2. The van der Waals surface area contributed by atoms with E-state index < -0.39 is 0 Å². The Kier molecular flexibility index (Phi) is 3.65. The largest absolute Gasteiger partial charge is 0.454 e. The number of benzene rings is 3. The Morgan fingerprint density at radius 3 is 2.23 bits per heavy atom. The summed E-state index contributed by atoms with van der Waals surface area (Å²) in [6.07, 6.45) is 9.14. The number of fused-ring (bicyclic) bond motifs is 2. The minimum atomic E-state index is 0.262. The summed E-state index contributed by atoms with van der Waals surface area (Å²) in [6.45, 7) is 0.324. The van der Waals surface area contributed by atoms with Crippen LogP contribution in [0.5, 0.6) is 11.5 Å². The molecule has 4 saturated carbocycles. The van der Waals surface area contributed by atoms with E-state index in [1.165, 1.54) is 55.2 Å². The predicted molar refractivity (Wildman–Crippen MR) is 121 cm³/mol. The molecule has 3 heteroatoms. The van der Waals surface area contributed by atoms with Gasteiger partial charge in [-0.15, -0.1) is 0 Å². The maximum Gasteiger partial charge on any atom is 0.231 e. The van der Waals surface area contributed by atoms with Crippen LogP contribution in [-0.2, 0) is 5.41 Å². The third-order valence-electron chi connectivity index (χ3n) is 8.42. The first kappa shape index (κ1) is 17.8. The van der Waals surface area contributed by atoms with Crippen LogP contribution >= 0.6 is 0 Å². The molecule has 0 N–H and O–H groups in total. The minimum Gasteiger partial charge on any atom is -0.454 e.